The molecule has 0 radical (unpaired) electrons. The van der Waals surface area contributed by atoms with E-state index in [0.29, 0.717) is 32.3 Å². The van der Waals surface area contributed by atoms with E-state index in [-0.39, 0.29) is 37.0 Å². The molecule has 5 aromatic rings. The van der Waals surface area contributed by atoms with Gasteiger partial charge in [0.05, 0.1) is 28.4 Å². The van der Waals surface area contributed by atoms with E-state index < -0.39 is 11.9 Å². The Morgan fingerprint density at radius 1 is 1.00 bits per heavy atom. The molecule has 0 saturated carbocycles. The number of thiophene rings is 1. The highest BCUT2D eigenvalue weighted by Gasteiger charge is 2.37. The molecular formula is C31H21Cl2N3O5S3. The molecular weight excluding hydrogens is 661 g/mol. The number of benzene rings is 3. The SMILES string of the molecule is COc1cc(/C=C2\SC(=S)N(c3c(C)n(C)n(-c4ccccc4)c3=O)C2=O)ccc1OC(=O)c1sc2cc(Cl)ccc2c1Cl. The summed E-state index contributed by atoms with van der Waals surface area (Å²) in [6.45, 7) is 1.77. The second-order valence-corrected chi connectivity index (χ2v) is 13.2. The number of thiocarbonyl (C=S) groups is 1. The smallest absolute Gasteiger partial charge is 0.355 e. The summed E-state index contributed by atoms with van der Waals surface area (Å²) in [6.07, 6.45) is 1.65. The van der Waals surface area contributed by atoms with Crippen LogP contribution in [-0.4, -0.2) is 32.7 Å². The van der Waals surface area contributed by atoms with Gasteiger partial charge in [0.25, 0.3) is 11.5 Å². The number of hydrogen-bond donors (Lipinski definition) is 0. The van der Waals surface area contributed by atoms with Crippen LogP contribution in [-0.2, 0) is 11.8 Å². The third-order valence-corrected chi connectivity index (χ3v) is 10.2. The van der Waals surface area contributed by atoms with Crippen molar-refractivity contribution in [2.45, 2.75) is 6.92 Å². The number of carbonyl (C=O) groups is 2. The van der Waals surface area contributed by atoms with Crippen molar-refractivity contribution in [3.05, 3.63) is 108 Å². The highest BCUT2D eigenvalue weighted by atomic mass is 35.5. The molecule has 1 aliphatic heterocycles. The van der Waals surface area contributed by atoms with Crippen LogP contribution in [0.15, 0.2) is 76.4 Å². The molecule has 3 aromatic carbocycles. The quantitative estimate of drug-likeness (QED) is 0.0788. The van der Waals surface area contributed by atoms with Gasteiger partial charge in [0.15, 0.2) is 15.8 Å². The van der Waals surface area contributed by atoms with E-state index in [1.807, 2.05) is 30.3 Å². The van der Waals surface area contributed by atoms with E-state index in [2.05, 4.69) is 0 Å². The average Bonchev–Trinajstić information content (AvgIpc) is 3.56. The fourth-order valence-corrected chi connectivity index (χ4v) is 7.73. The lowest BCUT2D eigenvalue weighted by Crippen LogP contribution is -2.33. The molecule has 0 aliphatic carbocycles. The molecule has 2 aromatic heterocycles. The summed E-state index contributed by atoms with van der Waals surface area (Å²) in [4.78, 5) is 42.0. The van der Waals surface area contributed by atoms with E-state index in [1.54, 1.807) is 61.1 Å². The van der Waals surface area contributed by atoms with Crippen molar-refractivity contribution < 1.29 is 19.1 Å². The van der Waals surface area contributed by atoms with E-state index in [1.165, 1.54) is 28.0 Å². The topological polar surface area (TPSA) is 82.8 Å². The zero-order valence-electron chi connectivity index (χ0n) is 23.3. The maximum Gasteiger partial charge on any atom is 0.355 e. The van der Waals surface area contributed by atoms with Gasteiger partial charge in [-0.3, -0.25) is 19.2 Å². The molecule has 13 heteroatoms. The van der Waals surface area contributed by atoms with E-state index in [4.69, 9.17) is 44.9 Å². The number of aromatic nitrogens is 2. The number of ether oxygens (including phenoxy) is 2. The number of halogens is 2. The molecule has 0 atom stereocenters. The fourth-order valence-electron chi connectivity index (χ4n) is 4.80. The number of rotatable bonds is 6. The number of esters is 1. The number of fused-ring (bicyclic) bond motifs is 1. The van der Waals surface area contributed by atoms with Gasteiger partial charge in [-0.1, -0.05) is 77.5 Å². The first-order valence-corrected chi connectivity index (χ1v) is 15.8. The van der Waals surface area contributed by atoms with E-state index in [0.717, 1.165) is 16.5 Å². The van der Waals surface area contributed by atoms with Crippen molar-refractivity contribution in [1.29, 1.82) is 0 Å². The van der Waals surface area contributed by atoms with Crippen molar-refractivity contribution in [2.75, 3.05) is 12.0 Å². The van der Waals surface area contributed by atoms with Crippen LogP contribution in [0.5, 0.6) is 11.5 Å². The number of anilines is 1. The van der Waals surface area contributed by atoms with Crippen LogP contribution in [0, 0.1) is 6.92 Å². The van der Waals surface area contributed by atoms with Gasteiger partial charge < -0.3 is 9.47 Å². The summed E-state index contributed by atoms with van der Waals surface area (Å²) in [6, 6.07) is 19.2. The van der Waals surface area contributed by atoms with Crippen molar-refractivity contribution in [2.24, 2.45) is 7.05 Å². The lowest BCUT2D eigenvalue weighted by atomic mass is 10.2. The Morgan fingerprint density at radius 3 is 2.48 bits per heavy atom. The highest BCUT2D eigenvalue weighted by molar-refractivity contribution is 8.27. The summed E-state index contributed by atoms with van der Waals surface area (Å²) < 4.78 is 15.3. The predicted octanol–water partition coefficient (Wildman–Crippen LogP) is 7.64. The maximum atomic E-state index is 13.6. The Morgan fingerprint density at radius 2 is 1.75 bits per heavy atom. The minimum atomic E-state index is -0.640. The van der Waals surface area contributed by atoms with Crippen LogP contribution in [0.1, 0.15) is 20.9 Å². The van der Waals surface area contributed by atoms with Crippen LogP contribution in [0.2, 0.25) is 10.0 Å². The lowest BCUT2D eigenvalue weighted by Gasteiger charge is -2.12. The number of amides is 1. The summed E-state index contributed by atoms with van der Waals surface area (Å²) >= 11 is 20.4. The number of carbonyl (C=O) groups excluding carboxylic acids is 2. The van der Waals surface area contributed by atoms with Gasteiger partial charge >= 0.3 is 5.97 Å². The van der Waals surface area contributed by atoms with Crippen molar-refractivity contribution in [1.82, 2.24) is 9.36 Å². The summed E-state index contributed by atoms with van der Waals surface area (Å²) in [5, 5.41) is 1.53. The number of para-hydroxylation sites is 1. The lowest BCUT2D eigenvalue weighted by molar-refractivity contribution is -0.113. The van der Waals surface area contributed by atoms with Gasteiger partial charge in [0.2, 0.25) is 0 Å². The molecule has 8 nitrogen and oxygen atoms in total. The molecule has 0 bridgehead atoms. The van der Waals surface area contributed by atoms with Crippen molar-refractivity contribution in [3.63, 3.8) is 0 Å². The van der Waals surface area contributed by atoms with Crippen LogP contribution >= 0.6 is 58.5 Å². The second kappa shape index (κ2) is 11.9. The maximum absolute atomic E-state index is 13.6. The van der Waals surface area contributed by atoms with E-state index >= 15 is 0 Å². The average molecular weight is 683 g/mol. The summed E-state index contributed by atoms with van der Waals surface area (Å²) in [7, 11) is 3.20. The first-order valence-electron chi connectivity index (χ1n) is 13.0. The Labute approximate surface area is 275 Å². The number of nitrogens with zero attached hydrogens (tertiary/aromatic N) is 3. The molecule has 6 rings (SSSR count). The monoisotopic (exact) mass is 681 g/mol. The Balaban J connectivity index is 1.27. The Hall–Kier alpha value is -3.87. The van der Waals surface area contributed by atoms with Crippen molar-refractivity contribution in [3.8, 4) is 17.2 Å². The van der Waals surface area contributed by atoms with Gasteiger partial charge in [-0.05, 0) is 55.0 Å². The van der Waals surface area contributed by atoms with Crippen molar-refractivity contribution >= 4 is 96.6 Å². The predicted molar refractivity (Wildman–Crippen MR) is 181 cm³/mol. The number of methoxy groups -OCH3 is 1. The highest BCUT2D eigenvalue weighted by Crippen LogP contribution is 2.40. The molecule has 1 fully saturated rings. The molecule has 1 saturated heterocycles. The standard InChI is InChI=1S/C31H21Cl2N3O5S3/c1-16-26(29(38)36(34(16)2)19-7-5-4-6-8-19)35-28(37)24(44-31(35)42)14-17-9-12-21(22(13-17)40-3)41-30(39)27-25(33)20-11-10-18(32)15-23(20)43-27/h4-15H,1-3H3/b24-14-. The minimum Gasteiger partial charge on any atom is -0.493 e. The molecule has 222 valence electrons. The molecule has 1 amide bonds. The van der Waals surface area contributed by atoms with Crippen LogP contribution < -0.4 is 19.9 Å². The minimum absolute atomic E-state index is 0.176. The molecule has 44 heavy (non-hydrogen) atoms. The molecule has 3 heterocycles. The third kappa shape index (κ3) is 5.24. The summed E-state index contributed by atoms with van der Waals surface area (Å²) in [5.41, 5.74) is 1.70. The zero-order chi connectivity index (χ0) is 31.3. The van der Waals surface area contributed by atoms with Crippen LogP contribution in [0.25, 0.3) is 21.8 Å². The molecule has 1 aliphatic rings. The second-order valence-electron chi connectivity index (χ2n) is 9.61. The van der Waals surface area contributed by atoms with Gasteiger partial charge in [-0.25, -0.2) is 9.48 Å². The number of hydrogen-bond acceptors (Lipinski definition) is 8. The third-order valence-electron chi connectivity index (χ3n) is 7.01. The van der Waals surface area contributed by atoms with Crippen LogP contribution in [0.4, 0.5) is 5.69 Å². The summed E-state index contributed by atoms with van der Waals surface area (Å²) in [5.74, 6) is -0.610. The van der Waals surface area contributed by atoms with Gasteiger partial charge in [-0.15, -0.1) is 11.3 Å². The van der Waals surface area contributed by atoms with E-state index in [9.17, 15) is 14.4 Å². The molecule has 0 N–H and O–H groups in total. The van der Waals surface area contributed by atoms with Gasteiger partial charge in [0.1, 0.15) is 10.6 Å². The van der Waals surface area contributed by atoms with Gasteiger partial charge in [-0.2, -0.15) is 0 Å². The van der Waals surface area contributed by atoms with Gasteiger partial charge in [0, 0.05) is 22.2 Å². The number of thioether (sulfide) groups is 1. The first kappa shape index (κ1) is 30.2. The zero-order valence-corrected chi connectivity index (χ0v) is 27.3. The largest absolute Gasteiger partial charge is 0.493 e. The molecule has 0 spiro atoms. The first-order chi connectivity index (χ1) is 21.1. The molecule has 0 unspecified atom stereocenters. The normalized spacial score (nSPS) is 14.2. The van der Waals surface area contributed by atoms with Crippen LogP contribution in [0.3, 0.4) is 0 Å². The fraction of sp³-hybridized carbons (Fsp3) is 0.0968. The Kier molecular flexibility index (Phi) is 8.16. The Bertz CT molecular complexity index is 2100.